The van der Waals surface area contributed by atoms with Crippen LogP contribution in [0.1, 0.15) is 52.4 Å². The van der Waals surface area contributed by atoms with Gasteiger partial charge in [-0.2, -0.15) is 0 Å². The number of guanidine groups is 1. The number of nitrogens with zero attached hydrogens (tertiary/aromatic N) is 1. The zero-order valence-electron chi connectivity index (χ0n) is 18.3. The Kier molecular flexibility index (Phi) is 10.1. The van der Waals surface area contributed by atoms with E-state index >= 15 is 0 Å². The van der Waals surface area contributed by atoms with Crippen LogP contribution in [0.5, 0.6) is 5.75 Å². The van der Waals surface area contributed by atoms with Crippen LogP contribution in [0, 0.1) is 0 Å². The average molecular weight is 536 g/mol. The van der Waals surface area contributed by atoms with Crippen molar-refractivity contribution in [3.63, 3.8) is 0 Å². The van der Waals surface area contributed by atoms with Gasteiger partial charge in [-0.1, -0.05) is 18.2 Å². The van der Waals surface area contributed by atoms with Gasteiger partial charge < -0.3 is 21.1 Å². The predicted octanol–water partition coefficient (Wildman–Crippen LogP) is 3.55. The zero-order valence-corrected chi connectivity index (χ0v) is 20.7. The number of fused-ring (bicyclic) bond motifs is 1. The highest BCUT2D eigenvalue weighted by Gasteiger charge is 2.16. The van der Waals surface area contributed by atoms with Gasteiger partial charge in [0, 0.05) is 31.3 Å². The molecule has 31 heavy (non-hydrogen) atoms. The molecule has 0 spiro atoms. The molecule has 6 nitrogen and oxygen atoms in total. The Hall–Kier alpha value is -2.29. The third kappa shape index (κ3) is 6.85. The fourth-order valence-corrected chi connectivity index (χ4v) is 3.91. The molecule has 2 aromatic rings. The van der Waals surface area contributed by atoms with Crippen LogP contribution in [0.4, 0.5) is 0 Å². The van der Waals surface area contributed by atoms with Crippen molar-refractivity contribution in [1.29, 1.82) is 0 Å². The Bertz CT molecular complexity index is 914. The second-order valence-electron chi connectivity index (χ2n) is 7.56. The van der Waals surface area contributed by atoms with Crippen molar-refractivity contribution in [3.8, 4) is 5.75 Å². The number of benzene rings is 2. The maximum absolute atomic E-state index is 11.8. The molecule has 0 saturated carbocycles. The van der Waals surface area contributed by atoms with Crippen LogP contribution in [0.15, 0.2) is 41.4 Å². The Labute approximate surface area is 202 Å². The van der Waals surface area contributed by atoms with Gasteiger partial charge in [0.2, 0.25) is 0 Å². The van der Waals surface area contributed by atoms with Crippen molar-refractivity contribution < 1.29 is 9.90 Å². The van der Waals surface area contributed by atoms with Gasteiger partial charge in [-0.05, 0) is 73.9 Å². The lowest BCUT2D eigenvalue weighted by molar-refractivity contribution is 0.0963. The van der Waals surface area contributed by atoms with Gasteiger partial charge in [0.25, 0.3) is 5.91 Å². The van der Waals surface area contributed by atoms with E-state index in [9.17, 15) is 9.90 Å². The molecule has 0 atom stereocenters. The smallest absolute Gasteiger partial charge is 0.251 e. The van der Waals surface area contributed by atoms with E-state index in [1.807, 2.05) is 37.3 Å². The third-order valence-corrected chi connectivity index (χ3v) is 5.49. The zero-order chi connectivity index (χ0) is 21.3. The fraction of sp³-hybridized carbons (Fsp3) is 0.417. The molecule has 0 aromatic heterocycles. The lowest BCUT2D eigenvalue weighted by atomic mass is 9.88. The quantitative estimate of drug-likeness (QED) is 0.248. The molecule has 1 aliphatic carbocycles. The molecular formula is C24H33IN4O2. The second-order valence-corrected chi connectivity index (χ2v) is 7.56. The average Bonchev–Trinajstić information content (AvgIpc) is 2.78. The minimum Gasteiger partial charge on any atom is -0.508 e. The van der Waals surface area contributed by atoms with Crippen LogP contribution >= 0.6 is 24.0 Å². The SMILES string of the molecule is CCNC(=NCc1c(O)ccc2c1CCCC2)NCCc1cccc(C(=O)NC)c1.I. The number of phenolic OH excluding ortho intramolecular Hbond substituents is 1. The van der Waals surface area contributed by atoms with E-state index in [2.05, 4.69) is 16.0 Å². The maximum Gasteiger partial charge on any atom is 0.251 e. The molecular weight excluding hydrogens is 503 g/mol. The van der Waals surface area contributed by atoms with Gasteiger partial charge in [0.15, 0.2) is 5.96 Å². The topological polar surface area (TPSA) is 85.8 Å². The first-order valence-electron chi connectivity index (χ1n) is 10.8. The number of carbonyl (C=O) groups excluding carboxylic acids is 1. The third-order valence-electron chi connectivity index (χ3n) is 5.49. The Morgan fingerprint density at radius 3 is 2.71 bits per heavy atom. The van der Waals surface area contributed by atoms with E-state index < -0.39 is 0 Å². The standard InChI is InChI=1S/C24H32N4O2.HI/c1-3-26-24(27-14-13-17-7-6-9-19(15-17)23(30)25-2)28-16-21-20-10-5-4-8-18(20)11-12-22(21)29;/h6-7,9,11-12,15,29H,3-5,8,10,13-14,16H2,1-2H3,(H,25,30)(H2,26,27,28);1H. The summed E-state index contributed by atoms with van der Waals surface area (Å²) in [5, 5.41) is 19.7. The van der Waals surface area contributed by atoms with E-state index in [-0.39, 0.29) is 29.9 Å². The largest absolute Gasteiger partial charge is 0.508 e. The van der Waals surface area contributed by atoms with Crippen LogP contribution in [0.25, 0.3) is 0 Å². The first kappa shape index (κ1) is 25.0. The monoisotopic (exact) mass is 536 g/mol. The number of hydrogen-bond donors (Lipinski definition) is 4. The first-order valence-corrected chi connectivity index (χ1v) is 10.8. The summed E-state index contributed by atoms with van der Waals surface area (Å²) in [7, 11) is 1.64. The number of aryl methyl sites for hydroxylation is 1. The highest BCUT2D eigenvalue weighted by molar-refractivity contribution is 14.0. The highest BCUT2D eigenvalue weighted by Crippen LogP contribution is 2.31. The summed E-state index contributed by atoms with van der Waals surface area (Å²) < 4.78 is 0. The first-order chi connectivity index (χ1) is 14.6. The Balaban J connectivity index is 0.00000341. The van der Waals surface area contributed by atoms with E-state index in [1.54, 1.807) is 13.1 Å². The molecule has 0 saturated heterocycles. The minimum atomic E-state index is -0.0780. The summed E-state index contributed by atoms with van der Waals surface area (Å²) in [6.45, 7) is 3.95. The summed E-state index contributed by atoms with van der Waals surface area (Å²) >= 11 is 0. The maximum atomic E-state index is 11.8. The molecule has 1 aliphatic rings. The summed E-state index contributed by atoms with van der Waals surface area (Å²) in [5.41, 5.74) is 5.32. The molecule has 2 aromatic carbocycles. The molecule has 0 fully saturated rings. The molecule has 7 heteroatoms. The van der Waals surface area contributed by atoms with Crippen LogP contribution < -0.4 is 16.0 Å². The van der Waals surface area contributed by atoms with Crippen LogP contribution in [0.3, 0.4) is 0 Å². The number of carbonyl (C=O) groups is 1. The molecule has 4 N–H and O–H groups in total. The number of halogens is 1. The molecule has 0 bridgehead atoms. The molecule has 0 heterocycles. The van der Waals surface area contributed by atoms with Gasteiger partial charge in [-0.3, -0.25) is 4.79 Å². The van der Waals surface area contributed by atoms with E-state index in [0.717, 1.165) is 42.9 Å². The molecule has 1 amide bonds. The van der Waals surface area contributed by atoms with Crippen LogP contribution in [0.2, 0.25) is 0 Å². The number of nitrogens with one attached hydrogen (secondary N) is 3. The second kappa shape index (κ2) is 12.5. The van der Waals surface area contributed by atoms with Crippen LogP contribution in [-0.4, -0.2) is 37.1 Å². The summed E-state index contributed by atoms with van der Waals surface area (Å²) in [5.74, 6) is 0.986. The Morgan fingerprint density at radius 2 is 1.94 bits per heavy atom. The van der Waals surface area contributed by atoms with Gasteiger partial charge in [-0.15, -0.1) is 24.0 Å². The van der Waals surface area contributed by atoms with Gasteiger partial charge >= 0.3 is 0 Å². The number of phenols is 1. The van der Waals surface area contributed by atoms with Crippen molar-refractivity contribution in [2.45, 2.75) is 45.6 Å². The number of aliphatic imine (C=N–C) groups is 1. The van der Waals surface area contributed by atoms with E-state index in [0.29, 0.717) is 24.4 Å². The molecule has 3 rings (SSSR count). The van der Waals surface area contributed by atoms with Crippen molar-refractivity contribution in [3.05, 3.63) is 64.2 Å². The Morgan fingerprint density at radius 1 is 1.13 bits per heavy atom. The molecule has 168 valence electrons. The van der Waals surface area contributed by atoms with E-state index in [4.69, 9.17) is 4.99 Å². The molecule has 0 aliphatic heterocycles. The van der Waals surface area contributed by atoms with Crippen molar-refractivity contribution in [1.82, 2.24) is 16.0 Å². The number of hydrogen-bond acceptors (Lipinski definition) is 3. The summed E-state index contributed by atoms with van der Waals surface area (Å²) in [4.78, 5) is 16.5. The highest BCUT2D eigenvalue weighted by atomic mass is 127. The number of rotatable bonds is 7. The summed E-state index contributed by atoms with van der Waals surface area (Å²) in [6, 6.07) is 11.5. The number of aromatic hydroxyl groups is 1. The van der Waals surface area contributed by atoms with Crippen molar-refractivity contribution in [2.75, 3.05) is 20.1 Å². The molecule has 0 unspecified atom stereocenters. The minimum absolute atomic E-state index is 0. The number of amides is 1. The predicted molar refractivity (Wildman–Crippen MR) is 137 cm³/mol. The van der Waals surface area contributed by atoms with E-state index in [1.165, 1.54) is 24.0 Å². The lowest BCUT2D eigenvalue weighted by Gasteiger charge is -2.20. The normalized spacial score (nSPS) is 13.0. The fourth-order valence-electron chi connectivity index (χ4n) is 3.91. The van der Waals surface area contributed by atoms with Crippen molar-refractivity contribution >= 4 is 35.8 Å². The van der Waals surface area contributed by atoms with Gasteiger partial charge in [0.1, 0.15) is 5.75 Å². The van der Waals surface area contributed by atoms with Gasteiger partial charge in [-0.25, -0.2) is 4.99 Å². The van der Waals surface area contributed by atoms with Crippen molar-refractivity contribution in [2.24, 2.45) is 4.99 Å². The summed E-state index contributed by atoms with van der Waals surface area (Å²) in [6.07, 6.45) is 5.26. The lowest BCUT2D eigenvalue weighted by Crippen LogP contribution is -2.38. The van der Waals surface area contributed by atoms with Gasteiger partial charge in [0.05, 0.1) is 6.54 Å². The molecule has 0 radical (unpaired) electrons. The van der Waals surface area contributed by atoms with Crippen LogP contribution in [-0.2, 0) is 25.8 Å².